The Morgan fingerprint density at radius 2 is 1.89 bits per heavy atom. The van der Waals surface area contributed by atoms with E-state index in [0.29, 0.717) is 17.8 Å². The van der Waals surface area contributed by atoms with E-state index >= 15 is 0 Å². The average Bonchev–Trinajstić information content (AvgIpc) is 2.80. The van der Waals surface area contributed by atoms with Gasteiger partial charge in [-0.1, -0.05) is 0 Å². The molecule has 19 heavy (non-hydrogen) atoms. The molecule has 1 atom stereocenters. The van der Waals surface area contributed by atoms with Crippen molar-refractivity contribution in [1.82, 2.24) is 19.7 Å². The van der Waals surface area contributed by atoms with Crippen LogP contribution in [0.2, 0.25) is 0 Å². The van der Waals surface area contributed by atoms with Crippen LogP contribution >= 0.6 is 0 Å². The van der Waals surface area contributed by atoms with Gasteiger partial charge in [0.25, 0.3) is 0 Å². The fraction of sp³-hybridized carbons (Fsp3) is 0.462. The standard InChI is InChI=1S/C13H19N5O/c1-9(2)18-8-12(7-17-18)19-13-15-5-11(6-16-13)4-10(3)14/h5-10H,4,14H2,1-3H3. The van der Waals surface area contributed by atoms with Crippen molar-refractivity contribution < 1.29 is 4.74 Å². The molecule has 0 spiro atoms. The van der Waals surface area contributed by atoms with Crippen LogP contribution in [0.5, 0.6) is 11.8 Å². The molecule has 0 aliphatic heterocycles. The van der Waals surface area contributed by atoms with Gasteiger partial charge in [-0.15, -0.1) is 0 Å². The van der Waals surface area contributed by atoms with E-state index in [2.05, 4.69) is 28.9 Å². The Balaban J connectivity index is 2.02. The van der Waals surface area contributed by atoms with Crippen LogP contribution in [-0.4, -0.2) is 25.8 Å². The predicted molar refractivity (Wildman–Crippen MR) is 72.1 cm³/mol. The van der Waals surface area contributed by atoms with Crippen molar-refractivity contribution in [3.05, 3.63) is 30.4 Å². The average molecular weight is 261 g/mol. The number of aromatic nitrogens is 4. The molecule has 0 bridgehead atoms. The first-order chi connectivity index (χ1) is 9.04. The third-order valence-corrected chi connectivity index (χ3v) is 2.56. The van der Waals surface area contributed by atoms with Gasteiger partial charge in [-0.25, -0.2) is 9.97 Å². The normalized spacial score (nSPS) is 12.7. The van der Waals surface area contributed by atoms with Crippen LogP contribution < -0.4 is 10.5 Å². The van der Waals surface area contributed by atoms with E-state index in [1.165, 1.54) is 0 Å². The van der Waals surface area contributed by atoms with Crippen molar-refractivity contribution in [3.63, 3.8) is 0 Å². The fourth-order valence-corrected chi connectivity index (χ4v) is 1.63. The molecule has 102 valence electrons. The Morgan fingerprint density at radius 1 is 1.21 bits per heavy atom. The van der Waals surface area contributed by atoms with Crippen LogP contribution in [0.1, 0.15) is 32.4 Å². The summed E-state index contributed by atoms with van der Waals surface area (Å²) >= 11 is 0. The van der Waals surface area contributed by atoms with Gasteiger partial charge in [0.05, 0.1) is 12.4 Å². The molecule has 2 rings (SSSR count). The zero-order valence-corrected chi connectivity index (χ0v) is 11.4. The molecule has 1 unspecified atom stereocenters. The number of nitrogens with two attached hydrogens (primary N) is 1. The molecular formula is C13H19N5O. The SMILES string of the molecule is CC(N)Cc1cnc(Oc2cnn(C(C)C)c2)nc1. The van der Waals surface area contributed by atoms with E-state index in [4.69, 9.17) is 10.5 Å². The Hall–Kier alpha value is -1.95. The van der Waals surface area contributed by atoms with Crippen LogP contribution in [0.4, 0.5) is 0 Å². The topological polar surface area (TPSA) is 78.9 Å². The first-order valence-corrected chi connectivity index (χ1v) is 6.33. The van der Waals surface area contributed by atoms with Crippen molar-refractivity contribution in [3.8, 4) is 11.8 Å². The summed E-state index contributed by atoms with van der Waals surface area (Å²) in [5.74, 6) is 0.633. The molecule has 0 aliphatic rings. The highest BCUT2D eigenvalue weighted by molar-refractivity contribution is 5.18. The molecule has 0 aliphatic carbocycles. The van der Waals surface area contributed by atoms with Crippen molar-refractivity contribution in [2.75, 3.05) is 0 Å². The van der Waals surface area contributed by atoms with Crippen LogP contribution in [-0.2, 0) is 6.42 Å². The zero-order valence-electron chi connectivity index (χ0n) is 11.4. The Kier molecular flexibility index (Phi) is 4.11. The van der Waals surface area contributed by atoms with Crippen molar-refractivity contribution in [1.29, 1.82) is 0 Å². The first kappa shape index (κ1) is 13.5. The van der Waals surface area contributed by atoms with Gasteiger partial charge in [-0.05, 0) is 32.8 Å². The summed E-state index contributed by atoms with van der Waals surface area (Å²) in [6.07, 6.45) is 7.70. The summed E-state index contributed by atoms with van der Waals surface area (Å²) in [5.41, 5.74) is 6.72. The molecule has 0 aromatic carbocycles. The lowest BCUT2D eigenvalue weighted by Gasteiger charge is -2.05. The van der Waals surface area contributed by atoms with Gasteiger partial charge >= 0.3 is 6.01 Å². The molecule has 0 radical (unpaired) electrons. The minimum atomic E-state index is 0.0969. The lowest BCUT2D eigenvalue weighted by molar-refractivity contribution is 0.438. The molecule has 0 saturated heterocycles. The minimum Gasteiger partial charge on any atom is -0.421 e. The van der Waals surface area contributed by atoms with Gasteiger partial charge in [0.2, 0.25) is 0 Å². The maximum Gasteiger partial charge on any atom is 0.321 e. The molecular weight excluding hydrogens is 242 g/mol. The minimum absolute atomic E-state index is 0.0969. The van der Waals surface area contributed by atoms with Gasteiger partial charge in [0.15, 0.2) is 5.75 Å². The second-order valence-corrected chi connectivity index (χ2v) is 4.91. The Labute approximate surface area is 112 Å². The lowest BCUT2D eigenvalue weighted by Crippen LogP contribution is -2.17. The van der Waals surface area contributed by atoms with Crippen LogP contribution in [0, 0.1) is 0 Å². The van der Waals surface area contributed by atoms with E-state index in [0.717, 1.165) is 12.0 Å². The zero-order chi connectivity index (χ0) is 13.8. The highest BCUT2D eigenvalue weighted by atomic mass is 16.5. The number of ether oxygens (including phenoxy) is 1. The maximum absolute atomic E-state index is 5.72. The van der Waals surface area contributed by atoms with Crippen LogP contribution in [0.25, 0.3) is 0 Å². The van der Waals surface area contributed by atoms with Crippen molar-refractivity contribution in [2.24, 2.45) is 5.73 Å². The van der Waals surface area contributed by atoms with E-state index in [1.807, 2.05) is 17.8 Å². The van der Waals surface area contributed by atoms with Gasteiger partial charge in [0, 0.05) is 24.5 Å². The monoisotopic (exact) mass is 261 g/mol. The highest BCUT2D eigenvalue weighted by Gasteiger charge is 2.06. The second-order valence-electron chi connectivity index (χ2n) is 4.91. The van der Waals surface area contributed by atoms with Crippen molar-refractivity contribution in [2.45, 2.75) is 39.3 Å². The van der Waals surface area contributed by atoms with E-state index in [-0.39, 0.29) is 6.04 Å². The number of hydrogen-bond donors (Lipinski definition) is 1. The molecule has 6 heteroatoms. The van der Waals surface area contributed by atoms with E-state index in [9.17, 15) is 0 Å². The van der Waals surface area contributed by atoms with Gasteiger partial charge in [-0.2, -0.15) is 5.10 Å². The Morgan fingerprint density at radius 3 is 2.42 bits per heavy atom. The Bertz CT molecular complexity index is 518. The molecule has 0 amide bonds. The molecule has 2 aromatic rings. The van der Waals surface area contributed by atoms with Gasteiger partial charge in [0.1, 0.15) is 0 Å². The highest BCUT2D eigenvalue weighted by Crippen LogP contribution is 2.18. The molecule has 2 aromatic heterocycles. The third-order valence-electron chi connectivity index (χ3n) is 2.56. The largest absolute Gasteiger partial charge is 0.421 e. The second kappa shape index (κ2) is 5.79. The van der Waals surface area contributed by atoms with Crippen LogP contribution in [0.3, 0.4) is 0 Å². The van der Waals surface area contributed by atoms with Crippen LogP contribution in [0.15, 0.2) is 24.8 Å². The summed E-state index contributed by atoms with van der Waals surface area (Å²) in [6, 6.07) is 0.711. The number of nitrogens with zero attached hydrogens (tertiary/aromatic N) is 4. The molecule has 0 fully saturated rings. The van der Waals surface area contributed by atoms with E-state index in [1.54, 1.807) is 18.6 Å². The van der Waals surface area contributed by atoms with Crippen molar-refractivity contribution >= 4 is 0 Å². The summed E-state index contributed by atoms with van der Waals surface area (Å²) in [6.45, 7) is 6.05. The number of hydrogen-bond acceptors (Lipinski definition) is 5. The smallest absolute Gasteiger partial charge is 0.321 e. The van der Waals surface area contributed by atoms with Gasteiger partial charge in [-0.3, -0.25) is 4.68 Å². The summed E-state index contributed by atoms with van der Waals surface area (Å²) in [5, 5.41) is 4.19. The summed E-state index contributed by atoms with van der Waals surface area (Å²) in [7, 11) is 0. The molecule has 0 saturated carbocycles. The molecule has 6 nitrogen and oxygen atoms in total. The predicted octanol–water partition coefficient (Wildman–Crippen LogP) is 1.94. The number of rotatable bonds is 5. The summed E-state index contributed by atoms with van der Waals surface area (Å²) in [4.78, 5) is 8.31. The lowest BCUT2D eigenvalue weighted by atomic mass is 10.1. The fourth-order valence-electron chi connectivity index (χ4n) is 1.63. The quantitative estimate of drug-likeness (QED) is 0.889. The maximum atomic E-state index is 5.72. The molecule has 2 heterocycles. The van der Waals surface area contributed by atoms with E-state index < -0.39 is 0 Å². The first-order valence-electron chi connectivity index (χ1n) is 6.33. The summed E-state index contributed by atoms with van der Waals surface area (Å²) < 4.78 is 7.35. The van der Waals surface area contributed by atoms with Gasteiger partial charge < -0.3 is 10.5 Å². The molecule has 2 N–H and O–H groups in total. The third kappa shape index (κ3) is 3.75.